The van der Waals surface area contributed by atoms with Crippen molar-refractivity contribution in [1.29, 1.82) is 0 Å². The van der Waals surface area contributed by atoms with Gasteiger partial charge in [0.2, 0.25) is 6.10 Å². The monoisotopic (exact) mass is 367 g/mol. The third-order valence-corrected chi connectivity index (χ3v) is 4.98. The van der Waals surface area contributed by atoms with Crippen LogP contribution in [0.4, 0.5) is 15.8 Å². The molecule has 0 bridgehead atoms. The fraction of sp³-hybridized carbons (Fsp3) is 0.333. The zero-order chi connectivity index (χ0) is 18.6. The van der Waals surface area contributed by atoms with Gasteiger partial charge in [-0.25, -0.2) is 4.39 Å². The molecule has 1 fully saturated rings. The van der Waals surface area contributed by atoms with Crippen LogP contribution in [0, 0.1) is 5.82 Å². The van der Waals surface area contributed by atoms with E-state index < -0.39 is 6.10 Å². The van der Waals surface area contributed by atoms with E-state index in [-0.39, 0.29) is 11.7 Å². The molecule has 1 atom stereocenters. The standard InChI is InChI=1S/C21H22FN3O2/c22-16-8-6-7-15(13-16)18-14-20(27-24-18)21(26)23-17-9-2-3-10-19(17)25-11-4-1-5-12-25/h2-3,6-10,13,20H,1,4-5,11-12,14H2,(H,23,26). The highest BCUT2D eigenvalue weighted by molar-refractivity contribution is 6.06. The highest BCUT2D eigenvalue weighted by Gasteiger charge is 2.29. The summed E-state index contributed by atoms with van der Waals surface area (Å²) < 4.78 is 13.4. The van der Waals surface area contributed by atoms with E-state index in [1.165, 1.54) is 31.4 Å². The smallest absolute Gasteiger partial charge is 0.268 e. The summed E-state index contributed by atoms with van der Waals surface area (Å²) in [7, 11) is 0. The quantitative estimate of drug-likeness (QED) is 0.890. The SMILES string of the molecule is O=C(Nc1ccccc1N1CCCCC1)C1CC(c2cccc(F)c2)=NO1. The molecule has 1 saturated heterocycles. The summed E-state index contributed by atoms with van der Waals surface area (Å²) in [6.07, 6.45) is 3.19. The van der Waals surface area contributed by atoms with Crippen LogP contribution >= 0.6 is 0 Å². The van der Waals surface area contributed by atoms with Gasteiger partial charge in [0, 0.05) is 25.1 Å². The maximum absolute atomic E-state index is 13.4. The number of nitrogens with one attached hydrogen (secondary N) is 1. The van der Waals surface area contributed by atoms with Crippen molar-refractivity contribution in [3.8, 4) is 0 Å². The minimum absolute atomic E-state index is 0.241. The number of hydrogen-bond donors (Lipinski definition) is 1. The summed E-state index contributed by atoms with van der Waals surface area (Å²) in [6.45, 7) is 2.00. The van der Waals surface area contributed by atoms with Gasteiger partial charge in [-0.15, -0.1) is 0 Å². The Balaban J connectivity index is 1.43. The Morgan fingerprint density at radius 1 is 1.11 bits per heavy atom. The van der Waals surface area contributed by atoms with E-state index in [0.29, 0.717) is 17.7 Å². The molecule has 6 heteroatoms. The number of carbonyl (C=O) groups excluding carboxylic acids is 1. The molecule has 0 aliphatic carbocycles. The Kier molecular flexibility index (Phi) is 5.05. The maximum Gasteiger partial charge on any atom is 0.268 e. The Morgan fingerprint density at radius 3 is 2.74 bits per heavy atom. The highest BCUT2D eigenvalue weighted by Crippen LogP contribution is 2.29. The molecule has 2 heterocycles. The van der Waals surface area contributed by atoms with Crippen molar-refractivity contribution in [2.45, 2.75) is 31.8 Å². The number of oxime groups is 1. The van der Waals surface area contributed by atoms with Crippen LogP contribution < -0.4 is 10.2 Å². The van der Waals surface area contributed by atoms with Crippen LogP contribution in [0.15, 0.2) is 53.7 Å². The predicted octanol–water partition coefficient (Wildman–Crippen LogP) is 3.95. The summed E-state index contributed by atoms with van der Waals surface area (Å²) in [5.41, 5.74) is 3.04. The number of para-hydroxylation sites is 2. The van der Waals surface area contributed by atoms with Crippen molar-refractivity contribution in [2.24, 2.45) is 5.16 Å². The number of halogens is 1. The first-order valence-electron chi connectivity index (χ1n) is 9.34. The number of nitrogens with zero attached hydrogens (tertiary/aromatic N) is 2. The third kappa shape index (κ3) is 3.94. The van der Waals surface area contributed by atoms with Crippen molar-refractivity contribution in [3.63, 3.8) is 0 Å². The van der Waals surface area contributed by atoms with Crippen LogP contribution in [0.3, 0.4) is 0 Å². The molecular weight excluding hydrogens is 345 g/mol. The first kappa shape index (κ1) is 17.5. The fourth-order valence-electron chi connectivity index (χ4n) is 3.56. The van der Waals surface area contributed by atoms with Crippen LogP contribution in [-0.4, -0.2) is 30.8 Å². The van der Waals surface area contributed by atoms with Gasteiger partial charge in [-0.05, 0) is 43.5 Å². The van der Waals surface area contributed by atoms with Crippen molar-refractivity contribution in [2.75, 3.05) is 23.3 Å². The molecule has 4 rings (SSSR count). The van der Waals surface area contributed by atoms with Crippen LogP contribution in [0.5, 0.6) is 0 Å². The molecule has 1 amide bonds. The van der Waals surface area contributed by atoms with Crippen LogP contribution in [-0.2, 0) is 9.63 Å². The zero-order valence-corrected chi connectivity index (χ0v) is 15.0. The number of amides is 1. The summed E-state index contributed by atoms with van der Waals surface area (Å²) in [6, 6.07) is 14.0. The zero-order valence-electron chi connectivity index (χ0n) is 15.0. The Labute approximate surface area is 157 Å². The van der Waals surface area contributed by atoms with Gasteiger partial charge in [0.05, 0.1) is 17.1 Å². The van der Waals surface area contributed by atoms with E-state index in [2.05, 4.69) is 15.4 Å². The Morgan fingerprint density at radius 2 is 1.93 bits per heavy atom. The lowest BCUT2D eigenvalue weighted by Gasteiger charge is -2.30. The molecule has 2 aromatic carbocycles. The maximum atomic E-state index is 13.4. The summed E-state index contributed by atoms with van der Waals surface area (Å²) in [4.78, 5) is 20.3. The lowest BCUT2D eigenvalue weighted by molar-refractivity contribution is -0.125. The molecule has 0 spiro atoms. The van der Waals surface area contributed by atoms with E-state index in [4.69, 9.17) is 4.84 Å². The van der Waals surface area contributed by atoms with Crippen molar-refractivity contribution in [3.05, 3.63) is 59.9 Å². The largest absolute Gasteiger partial charge is 0.382 e. The number of anilines is 2. The molecule has 2 aromatic rings. The minimum atomic E-state index is -0.710. The van der Waals surface area contributed by atoms with E-state index in [9.17, 15) is 9.18 Å². The van der Waals surface area contributed by atoms with E-state index in [1.807, 2.05) is 24.3 Å². The topological polar surface area (TPSA) is 53.9 Å². The minimum Gasteiger partial charge on any atom is -0.382 e. The molecule has 140 valence electrons. The molecule has 2 aliphatic heterocycles. The first-order valence-corrected chi connectivity index (χ1v) is 9.34. The van der Waals surface area contributed by atoms with Crippen LogP contribution in [0.25, 0.3) is 0 Å². The molecule has 2 aliphatic rings. The van der Waals surface area contributed by atoms with Gasteiger partial charge in [-0.3, -0.25) is 4.79 Å². The van der Waals surface area contributed by atoms with Crippen LogP contribution in [0.1, 0.15) is 31.2 Å². The second-order valence-electron chi connectivity index (χ2n) is 6.90. The molecule has 1 N–H and O–H groups in total. The molecule has 0 aromatic heterocycles. The summed E-state index contributed by atoms with van der Waals surface area (Å²) in [5.74, 6) is -0.576. The van der Waals surface area contributed by atoms with Crippen molar-refractivity contribution < 1.29 is 14.0 Å². The molecule has 27 heavy (non-hydrogen) atoms. The van der Waals surface area contributed by atoms with Gasteiger partial charge >= 0.3 is 0 Å². The van der Waals surface area contributed by atoms with Crippen molar-refractivity contribution in [1.82, 2.24) is 0 Å². The lowest BCUT2D eigenvalue weighted by atomic mass is 10.0. The number of carbonyl (C=O) groups is 1. The van der Waals surface area contributed by atoms with Gasteiger partial charge in [-0.2, -0.15) is 0 Å². The third-order valence-electron chi connectivity index (χ3n) is 4.98. The van der Waals surface area contributed by atoms with Gasteiger partial charge in [0.25, 0.3) is 5.91 Å². The number of hydrogen-bond acceptors (Lipinski definition) is 4. The van der Waals surface area contributed by atoms with Gasteiger partial charge in [0.1, 0.15) is 5.82 Å². The van der Waals surface area contributed by atoms with E-state index in [1.54, 1.807) is 12.1 Å². The van der Waals surface area contributed by atoms with Gasteiger partial charge < -0.3 is 15.1 Å². The van der Waals surface area contributed by atoms with Crippen LogP contribution in [0.2, 0.25) is 0 Å². The number of piperidine rings is 1. The summed E-state index contributed by atoms with van der Waals surface area (Å²) in [5, 5.41) is 6.96. The average molecular weight is 367 g/mol. The second-order valence-corrected chi connectivity index (χ2v) is 6.90. The first-order chi connectivity index (χ1) is 13.2. The second kappa shape index (κ2) is 7.78. The average Bonchev–Trinajstić information content (AvgIpc) is 3.20. The Hall–Kier alpha value is -2.89. The molecule has 1 unspecified atom stereocenters. The summed E-state index contributed by atoms with van der Waals surface area (Å²) >= 11 is 0. The molecule has 5 nitrogen and oxygen atoms in total. The van der Waals surface area contributed by atoms with Gasteiger partial charge in [0.15, 0.2) is 0 Å². The predicted molar refractivity (Wildman–Crippen MR) is 104 cm³/mol. The normalized spacial score (nSPS) is 19.4. The molecular formula is C21H22FN3O2. The number of benzene rings is 2. The highest BCUT2D eigenvalue weighted by atomic mass is 19.1. The van der Waals surface area contributed by atoms with Crippen molar-refractivity contribution >= 4 is 23.0 Å². The molecule has 0 radical (unpaired) electrons. The fourth-order valence-corrected chi connectivity index (χ4v) is 3.56. The van der Waals surface area contributed by atoms with E-state index in [0.717, 1.165) is 24.5 Å². The Bertz CT molecular complexity index is 862. The van der Waals surface area contributed by atoms with Gasteiger partial charge in [-0.1, -0.05) is 29.4 Å². The van der Waals surface area contributed by atoms with E-state index >= 15 is 0 Å². The number of rotatable bonds is 4. The lowest BCUT2D eigenvalue weighted by Crippen LogP contribution is -2.32. The molecule has 0 saturated carbocycles.